The van der Waals surface area contributed by atoms with Gasteiger partial charge in [-0.3, -0.25) is 10.1 Å². The van der Waals surface area contributed by atoms with Crippen LogP contribution in [0.3, 0.4) is 0 Å². The molecule has 0 unspecified atom stereocenters. The molecule has 1 aliphatic rings. The smallest absolute Gasteiger partial charge is 0.264 e. The minimum Gasteiger partial charge on any atom is -0.383 e. The third kappa shape index (κ3) is 5.78. The van der Waals surface area contributed by atoms with Crippen molar-refractivity contribution in [2.24, 2.45) is 5.73 Å². The van der Waals surface area contributed by atoms with Crippen molar-refractivity contribution >= 4 is 32.9 Å². The molecular formula is C27H32F2N6O2S. The second kappa shape index (κ2) is 11.0. The lowest BCUT2D eigenvalue weighted by molar-refractivity contribution is 0.395. The summed E-state index contributed by atoms with van der Waals surface area (Å²) < 4.78 is 56.4. The normalized spacial score (nSPS) is 17.8. The number of sulfonamides is 1. The average molecular weight is 543 g/mol. The Morgan fingerprint density at radius 2 is 1.76 bits per heavy atom. The highest BCUT2D eigenvalue weighted by Crippen LogP contribution is 2.39. The molecule has 0 aliphatic heterocycles. The van der Waals surface area contributed by atoms with Gasteiger partial charge in [0, 0.05) is 23.8 Å². The Bertz CT molecular complexity index is 1450. The van der Waals surface area contributed by atoms with E-state index in [1.807, 2.05) is 13.8 Å². The molecule has 8 nitrogen and oxygen atoms in total. The minimum absolute atomic E-state index is 0.0276. The molecule has 1 aromatic heterocycles. The van der Waals surface area contributed by atoms with Gasteiger partial charge >= 0.3 is 0 Å². The van der Waals surface area contributed by atoms with E-state index in [1.54, 1.807) is 6.20 Å². The van der Waals surface area contributed by atoms with Gasteiger partial charge in [0.25, 0.3) is 10.0 Å². The van der Waals surface area contributed by atoms with Crippen molar-refractivity contribution in [2.45, 2.75) is 62.4 Å². The molecule has 4 rings (SSSR count). The van der Waals surface area contributed by atoms with E-state index in [0.717, 1.165) is 49.4 Å². The van der Waals surface area contributed by atoms with Crippen LogP contribution in [-0.2, 0) is 10.0 Å². The molecule has 202 valence electrons. The third-order valence-corrected chi connectivity index (χ3v) is 8.06. The van der Waals surface area contributed by atoms with Crippen molar-refractivity contribution in [3.63, 3.8) is 0 Å². The standard InChI is InChI=1S/C27H32F2N6O2S/c1-15(2)34-26-19(16-7-10-18(30)11-8-16)14-33-27(32)24(26)25(31)17-9-12-22(21(29)13-17)35-38(36,37)23-6-4-3-5-20(23)28/h3-6,9,12-16,18,31,35H,7-8,10-11,30H2,1-2H3,(H3,32,33,34). The number of anilines is 3. The second-order valence-electron chi connectivity index (χ2n) is 9.87. The molecular weight excluding hydrogens is 510 g/mol. The van der Waals surface area contributed by atoms with E-state index in [9.17, 15) is 12.8 Å². The molecule has 1 heterocycles. The SMILES string of the molecule is CC(C)Nc1c(C2CCC(N)CC2)cnc(N)c1C(=N)c1ccc(NS(=O)(=O)c2ccccc2F)c(F)c1. The summed E-state index contributed by atoms with van der Waals surface area (Å²) in [5.41, 5.74) is 14.1. The van der Waals surface area contributed by atoms with E-state index >= 15 is 4.39 Å². The molecule has 11 heteroatoms. The molecule has 0 bridgehead atoms. The fraction of sp³-hybridized carbons (Fsp3) is 0.333. The summed E-state index contributed by atoms with van der Waals surface area (Å²) in [5, 5.41) is 12.3. The van der Waals surface area contributed by atoms with Crippen LogP contribution < -0.4 is 21.5 Å². The molecule has 38 heavy (non-hydrogen) atoms. The van der Waals surface area contributed by atoms with Gasteiger partial charge in [0.15, 0.2) is 0 Å². The molecule has 0 spiro atoms. The highest BCUT2D eigenvalue weighted by molar-refractivity contribution is 7.92. The Morgan fingerprint density at radius 1 is 1.08 bits per heavy atom. The van der Waals surface area contributed by atoms with Crippen LogP contribution in [0.4, 0.5) is 26.0 Å². The number of benzene rings is 2. The lowest BCUT2D eigenvalue weighted by Crippen LogP contribution is -2.27. The fourth-order valence-corrected chi connectivity index (χ4v) is 5.89. The van der Waals surface area contributed by atoms with E-state index in [2.05, 4.69) is 15.0 Å². The van der Waals surface area contributed by atoms with Gasteiger partial charge in [0.2, 0.25) is 0 Å². The maximum Gasteiger partial charge on any atom is 0.264 e. The molecule has 7 N–H and O–H groups in total. The summed E-state index contributed by atoms with van der Waals surface area (Å²) >= 11 is 0. The first-order valence-electron chi connectivity index (χ1n) is 12.4. The number of halogens is 2. The Morgan fingerprint density at radius 3 is 2.39 bits per heavy atom. The number of hydrogen-bond donors (Lipinski definition) is 5. The summed E-state index contributed by atoms with van der Waals surface area (Å²) in [7, 11) is -4.37. The third-order valence-electron chi connectivity index (χ3n) is 6.66. The van der Waals surface area contributed by atoms with Crippen LogP contribution in [0.15, 0.2) is 53.6 Å². The number of nitrogens with two attached hydrogens (primary N) is 2. The van der Waals surface area contributed by atoms with Gasteiger partial charge < -0.3 is 16.8 Å². The molecule has 0 radical (unpaired) electrons. The zero-order valence-electron chi connectivity index (χ0n) is 21.3. The summed E-state index contributed by atoms with van der Waals surface area (Å²) in [6.07, 6.45) is 5.28. The maximum absolute atomic E-state index is 15.1. The Hall–Kier alpha value is -3.57. The molecule has 0 amide bonds. The van der Waals surface area contributed by atoms with Crippen LogP contribution in [-0.4, -0.2) is 31.2 Å². The number of aromatic nitrogens is 1. The van der Waals surface area contributed by atoms with E-state index in [0.29, 0.717) is 11.3 Å². The van der Waals surface area contributed by atoms with Crippen LogP contribution in [0.1, 0.15) is 62.1 Å². The van der Waals surface area contributed by atoms with Crippen LogP contribution in [0.25, 0.3) is 0 Å². The number of nitrogens with zero attached hydrogens (tertiary/aromatic N) is 1. The lowest BCUT2D eigenvalue weighted by Gasteiger charge is -2.30. The van der Waals surface area contributed by atoms with Crippen molar-refractivity contribution < 1.29 is 17.2 Å². The van der Waals surface area contributed by atoms with Gasteiger partial charge in [-0.05, 0) is 75.3 Å². The Balaban J connectivity index is 1.69. The highest BCUT2D eigenvalue weighted by atomic mass is 32.2. The second-order valence-corrected chi connectivity index (χ2v) is 11.5. The van der Waals surface area contributed by atoms with E-state index < -0.39 is 26.6 Å². The average Bonchev–Trinajstić information content (AvgIpc) is 2.85. The predicted octanol–water partition coefficient (Wildman–Crippen LogP) is 4.96. The minimum atomic E-state index is -4.37. The first-order chi connectivity index (χ1) is 18.0. The van der Waals surface area contributed by atoms with Crippen molar-refractivity contribution in [1.82, 2.24) is 4.98 Å². The Labute approximate surface area is 221 Å². The van der Waals surface area contributed by atoms with Gasteiger partial charge in [0.05, 0.1) is 22.6 Å². The number of nitrogen functional groups attached to an aromatic ring is 1. The van der Waals surface area contributed by atoms with Gasteiger partial charge in [0.1, 0.15) is 22.3 Å². The predicted molar refractivity (Wildman–Crippen MR) is 146 cm³/mol. The van der Waals surface area contributed by atoms with Crippen LogP contribution in [0.5, 0.6) is 0 Å². The fourth-order valence-electron chi connectivity index (χ4n) is 4.74. The van der Waals surface area contributed by atoms with Crippen molar-refractivity contribution in [3.05, 3.63) is 77.0 Å². The largest absolute Gasteiger partial charge is 0.383 e. The van der Waals surface area contributed by atoms with E-state index in [-0.39, 0.29) is 40.8 Å². The summed E-state index contributed by atoms with van der Waals surface area (Å²) in [4.78, 5) is 3.77. The number of rotatable bonds is 8. The number of pyridine rings is 1. The summed E-state index contributed by atoms with van der Waals surface area (Å²) in [5.74, 6) is -1.55. The molecule has 1 aliphatic carbocycles. The molecule has 0 saturated heterocycles. The van der Waals surface area contributed by atoms with Gasteiger partial charge in [-0.25, -0.2) is 22.2 Å². The quantitative estimate of drug-likeness (QED) is 0.254. The zero-order chi connectivity index (χ0) is 27.6. The Kier molecular flexibility index (Phi) is 7.98. The highest BCUT2D eigenvalue weighted by Gasteiger charge is 2.27. The lowest BCUT2D eigenvalue weighted by atomic mass is 9.81. The first kappa shape index (κ1) is 27.5. The maximum atomic E-state index is 15.1. The van der Waals surface area contributed by atoms with Gasteiger partial charge in [-0.1, -0.05) is 18.2 Å². The number of nitrogens with one attached hydrogen (secondary N) is 3. The van der Waals surface area contributed by atoms with Crippen molar-refractivity contribution in [1.29, 1.82) is 5.41 Å². The topological polar surface area (TPSA) is 147 Å². The molecule has 1 saturated carbocycles. The first-order valence-corrected chi connectivity index (χ1v) is 13.9. The molecule has 3 aromatic rings. The summed E-state index contributed by atoms with van der Waals surface area (Å²) in [6.45, 7) is 3.95. The molecule has 1 fully saturated rings. The molecule has 0 atom stereocenters. The van der Waals surface area contributed by atoms with E-state index in [1.165, 1.54) is 24.3 Å². The van der Waals surface area contributed by atoms with Crippen LogP contribution >= 0.6 is 0 Å². The molecule has 2 aromatic carbocycles. The van der Waals surface area contributed by atoms with Crippen molar-refractivity contribution in [3.8, 4) is 0 Å². The van der Waals surface area contributed by atoms with E-state index in [4.69, 9.17) is 16.9 Å². The van der Waals surface area contributed by atoms with Crippen LogP contribution in [0, 0.1) is 17.0 Å². The monoisotopic (exact) mass is 542 g/mol. The summed E-state index contributed by atoms with van der Waals surface area (Å²) in [6, 6.07) is 8.68. The van der Waals surface area contributed by atoms with Gasteiger partial charge in [-0.2, -0.15) is 0 Å². The zero-order valence-corrected chi connectivity index (χ0v) is 22.1. The van der Waals surface area contributed by atoms with Gasteiger partial charge in [-0.15, -0.1) is 0 Å². The number of hydrogen-bond acceptors (Lipinski definition) is 7. The van der Waals surface area contributed by atoms with Crippen LogP contribution in [0.2, 0.25) is 0 Å². The van der Waals surface area contributed by atoms with Crippen molar-refractivity contribution in [2.75, 3.05) is 15.8 Å².